The van der Waals surface area contributed by atoms with E-state index in [9.17, 15) is 9.59 Å². The van der Waals surface area contributed by atoms with Gasteiger partial charge in [0, 0.05) is 62.9 Å². The lowest BCUT2D eigenvalue weighted by atomic mass is 9.79. The average molecular weight is 596 g/mol. The normalized spacial score (nSPS) is 20.6. The highest BCUT2D eigenvalue weighted by atomic mass is 32.1. The smallest absolute Gasteiger partial charge is 0.270 e. The quantitative estimate of drug-likeness (QED) is 0.274. The van der Waals surface area contributed by atoms with E-state index in [0.717, 1.165) is 67.2 Å². The van der Waals surface area contributed by atoms with E-state index in [2.05, 4.69) is 58.6 Å². The molecule has 1 saturated carbocycles. The van der Waals surface area contributed by atoms with Crippen molar-refractivity contribution in [2.75, 3.05) is 32.1 Å². The topological polar surface area (TPSA) is 71.1 Å². The summed E-state index contributed by atoms with van der Waals surface area (Å²) >= 11 is 1.46. The highest BCUT2D eigenvalue weighted by Crippen LogP contribution is 2.38. The molecule has 2 aliphatic heterocycles. The van der Waals surface area contributed by atoms with Crippen LogP contribution < -0.4 is 21.0 Å². The van der Waals surface area contributed by atoms with E-state index in [1.807, 2.05) is 20.2 Å². The summed E-state index contributed by atoms with van der Waals surface area (Å²) in [6, 6.07) is 4.00. The molecule has 5 aliphatic rings. The second kappa shape index (κ2) is 11.1. The molecule has 0 saturated heterocycles. The Balaban J connectivity index is 1.19. The van der Waals surface area contributed by atoms with Gasteiger partial charge in [-0.05, 0) is 61.3 Å². The Labute approximate surface area is 256 Å². The van der Waals surface area contributed by atoms with Gasteiger partial charge in [0.1, 0.15) is 21.4 Å². The van der Waals surface area contributed by atoms with Crippen LogP contribution in [0.2, 0.25) is 0 Å². The molecule has 0 aromatic carbocycles. The van der Waals surface area contributed by atoms with Crippen LogP contribution in [0.1, 0.15) is 74.0 Å². The van der Waals surface area contributed by atoms with Gasteiger partial charge in [0.15, 0.2) is 11.5 Å². The van der Waals surface area contributed by atoms with Crippen LogP contribution in [0.3, 0.4) is 0 Å². The maximum atomic E-state index is 13.2. The van der Waals surface area contributed by atoms with Gasteiger partial charge in [-0.15, -0.1) is 11.3 Å². The molecule has 3 aliphatic carbocycles. The van der Waals surface area contributed by atoms with Crippen molar-refractivity contribution in [1.82, 2.24) is 9.47 Å². The molecule has 1 radical (unpaired) electrons. The van der Waals surface area contributed by atoms with Crippen LogP contribution >= 0.6 is 11.3 Å². The number of allylic oxidation sites excluding steroid dienone is 2. The van der Waals surface area contributed by atoms with Crippen molar-refractivity contribution in [1.29, 1.82) is 0 Å². The number of hydrogen-bond acceptors (Lipinski definition) is 6. The number of aromatic nitrogens is 1. The lowest BCUT2D eigenvalue weighted by Crippen LogP contribution is -2.37. The molecule has 7 nitrogen and oxygen atoms in total. The third-order valence-electron chi connectivity index (χ3n) is 9.05. The predicted octanol–water partition coefficient (Wildman–Crippen LogP) is 5.51. The number of rotatable bonds is 11. The lowest BCUT2D eigenvalue weighted by Gasteiger charge is -2.32. The summed E-state index contributed by atoms with van der Waals surface area (Å²) < 4.78 is 9.34. The van der Waals surface area contributed by atoms with Crippen LogP contribution in [-0.2, 0) is 6.42 Å². The number of nitrogens with zero attached hydrogens (tertiary/aromatic N) is 4. The van der Waals surface area contributed by atoms with Crippen molar-refractivity contribution in [2.24, 2.45) is 4.99 Å². The van der Waals surface area contributed by atoms with E-state index in [4.69, 9.17) is 9.41 Å². The second-order valence-corrected chi connectivity index (χ2v) is 13.5. The maximum absolute atomic E-state index is 13.2. The lowest BCUT2D eigenvalue weighted by molar-refractivity contribution is 0.0814. The van der Waals surface area contributed by atoms with Crippen molar-refractivity contribution in [3.8, 4) is 0 Å². The molecule has 5 heterocycles. The molecule has 0 spiro atoms. The minimum absolute atomic E-state index is 0.0255. The van der Waals surface area contributed by atoms with E-state index in [1.165, 1.54) is 35.3 Å². The van der Waals surface area contributed by atoms with Gasteiger partial charge in [-0.1, -0.05) is 43.6 Å². The molecule has 1 fully saturated rings. The largest absolute Gasteiger partial charge is 0.439 e. The first-order chi connectivity index (χ1) is 20.8. The van der Waals surface area contributed by atoms with Crippen molar-refractivity contribution >= 4 is 39.5 Å². The number of anilines is 1. The Morgan fingerprint density at radius 1 is 1.23 bits per heavy atom. The molecule has 3 aromatic rings. The van der Waals surface area contributed by atoms with Crippen LogP contribution in [0.5, 0.6) is 0 Å². The summed E-state index contributed by atoms with van der Waals surface area (Å²) in [5.41, 5.74) is 5.62. The predicted molar refractivity (Wildman–Crippen MR) is 173 cm³/mol. The molecule has 223 valence electrons. The molecule has 1 atom stereocenters. The van der Waals surface area contributed by atoms with E-state index in [1.54, 1.807) is 11.0 Å². The molecule has 1 unspecified atom stereocenters. The van der Waals surface area contributed by atoms with Crippen LogP contribution in [0.15, 0.2) is 67.2 Å². The fraction of sp³-hybridized carbons (Fsp3) is 0.429. The molecular formula is C35H39N4O3S. The Hall–Kier alpha value is -3.65. The molecule has 0 N–H and O–H groups in total. The Morgan fingerprint density at radius 2 is 2.02 bits per heavy atom. The molecule has 1 amide bonds. The maximum Gasteiger partial charge on any atom is 0.270 e. The van der Waals surface area contributed by atoms with Crippen LogP contribution in [0.4, 0.5) is 5.88 Å². The van der Waals surface area contributed by atoms with Gasteiger partial charge in [0.25, 0.3) is 5.91 Å². The molecular weight excluding hydrogens is 556 g/mol. The first kappa shape index (κ1) is 28.1. The minimum atomic E-state index is -0.422. The highest BCUT2D eigenvalue weighted by molar-refractivity contribution is 7.17. The van der Waals surface area contributed by atoms with Crippen molar-refractivity contribution < 1.29 is 9.21 Å². The summed E-state index contributed by atoms with van der Waals surface area (Å²) in [5.74, 6) is 0.688. The minimum Gasteiger partial charge on any atom is -0.439 e. The SMILES string of the molecule is CCCN(CCC1=C[CH]1)c1cc(=O)c2scc(C/C=C/C34C=C(C=c5cc(C(=O)N(C)C)n(C6CCCC6)c5=N3)C4)c2o1. The Bertz CT molecular complexity index is 1860. The van der Waals surface area contributed by atoms with Crippen molar-refractivity contribution in [2.45, 2.75) is 69.9 Å². The van der Waals surface area contributed by atoms with Crippen LogP contribution in [0.25, 0.3) is 16.4 Å². The average Bonchev–Trinajstić information content (AvgIpc) is 3.39. The number of hydrogen-bond donors (Lipinski definition) is 0. The Morgan fingerprint density at radius 3 is 2.74 bits per heavy atom. The van der Waals surface area contributed by atoms with Crippen molar-refractivity contribution in [3.63, 3.8) is 0 Å². The number of thiophene rings is 1. The zero-order chi connectivity index (χ0) is 29.7. The van der Waals surface area contributed by atoms with Gasteiger partial charge in [0.2, 0.25) is 5.43 Å². The third kappa shape index (κ3) is 5.35. The van der Waals surface area contributed by atoms with Gasteiger partial charge >= 0.3 is 0 Å². The number of fused-ring (bicyclic) bond motifs is 1. The summed E-state index contributed by atoms with van der Waals surface area (Å²) in [6.45, 7) is 3.84. The fourth-order valence-corrected chi connectivity index (χ4v) is 7.68. The molecule has 8 rings (SSSR count). The van der Waals surface area contributed by atoms with Crippen molar-refractivity contribution in [3.05, 3.63) is 91.6 Å². The van der Waals surface area contributed by atoms with Gasteiger partial charge < -0.3 is 18.8 Å². The highest BCUT2D eigenvalue weighted by Gasteiger charge is 2.36. The molecule has 3 aromatic heterocycles. The number of carbonyl (C=O) groups is 1. The zero-order valence-corrected chi connectivity index (χ0v) is 26.1. The van der Waals surface area contributed by atoms with Gasteiger partial charge in [-0.2, -0.15) is 0 Å². The summed E-state index contributed by atoms with van der Waals surface area (Å²) in [5, 5.41) is 3.10. The van der Waals surface area contributed by atoms with E-state index < -0.39 is 5.54 Å². The van der Waals surface area contributed by atoms with E-state index >= 15 is 0 Å². The zero-order valence-electron chi connectivity index (χ0n) is 25.3. The summed E-state index contributed by atoms with van der Waals surface area (Å²) in [4.78, 5) is 35.5. The van der Waals surface area contributed by atoms with E-state index in [0.29, 0.717) is 28.6 Å². The Kier molecular flexibility index (Phi) is 7.28. The first-order valence-corrected chi connectivity index (χ1v) is 16.5. The van der Waals surface area contributed by atoms with E-state index in [-0.39, 0.29) is 11.3 Å². The van der Waals surface area contributed by atoms with Crippen LogP contribution in [0, 0.1) is 6.42 Å². The van der Waals surface area contributed by atoms with Gasteiger partial charge in [-0.3, -0.25) is 14.6 Å². The standard InChI is InChI=1S/C35H39N4O3S/c1-4-15-38(16-13-23-11-12-23)30-19-29(40)32-31(42-30)25(22-43-32)8-7-14-35-20-24(21-35)17-26-18-28(34(41)37(2)3)39(33(26)36-35)27-9-5-6-10-27/h7,11-12,14,17-20,22,27H,4-6,8-10,13,15-16,21H2,1-3H3/b14-7+. The third-order valence-corrected chi connectivity index (χ3v) is 10.1. The number of carbonyl (C=O) groups excluding carboxylic acids is 1. The summed E-state index contributed by atoms with van der Waals surface area (Å²) in [7, 11) is 3.63. The summed E-state index contributed by atoms with van der Waals surface area (Å²) in [6.07, 6.45) is 21.1. The fourth-order valence-electron chi connectivity index (χ4n) is 6.76. The van der Waals surface area contributed by atoms with Gasteiger partial charge in [-0.25, -0.2) is 0 Å². The second-order valence-electron chi connectivity index (χ2n) is 12.6. The molecule has 43 heavy (non-hydrogen) atoms. The number of amides is 1. The molecule has 2 bridgehead atoms. The van der Waals surface area contributed by atoms with Gasteiger partial charge in [0.05, 0.1) is 0 Å². The first-order valence-electron chi connectivity index (χ1n) is 15.6. The monoisotopic (exact) mass is 595 g/mol. The molecule has 8 heteroatoms. The van der Waals surface area contributed by atoms with Crippen LogP contribution in [-0.4, -0.2) is 48.1 Å².